The quantitative estimate of drug-likeness (QED) is 0.703. The zero-order valence-electron chi connectivity index (χ0n) is 7.75. The van der Waals surface area contributed by atoms with Gasteiger partial charge >= 0.3 is 0 Å². The van der Waals surface area contributed by atoms with Gasteiger partial charge in [-0.1, -0.05) is 0 Å². The predicted octanol–water partition coefficient (Wildman–Crippen LogP) is 2.15. The third-order valence-corrected chi connectivity index (χ3v) is 1.84. The average Bonchev–Trinajstić information content (AvgIpc) is 2.17. The minimum Gasteiger partial charge on any atom is -0.481 e. The number of aromatic nitrogens is 1. The number of alkyl halides is 2. The molecule has 0 saturated heterocycles. The zero-order valence-corrected chi connectivity index (χ0v) is 7.75. The number of halogens is 2. The van der Waals surface area contributed by atoms with Gasteiger partial charge in [-0.3, -0.25) is 4.79 Å². The van der Waals surface area contributed by atoms with Crippen LogP contribution in [0.5, 0.6) is 5.88 Å². The van der Waals surface area contributed by atoms with Crippen LogP contribution >= 0.6 is 0 Å². The van der Waals surface area contributed by atoms with Crippen molar-refractivity contribution in [3.05, 3.63) is 22.9 Å². The Kier molecular flexibility index (Phi) is 3.11. The van der Waals surface area contributed by atoms with Crippen molar-refractivity contribution in [3.63, 3.8) is 0 Å². The molecule has 0 aliphatic heterocycles. The Hall–Kier alpha value is -1.52. The van der Waals surface area contributed by atoms with Crippen molar-refractivity contribution in [3.8, 4) is 5.88 Å². The van der Waals surface area contributed by atoms with Gasteiger partial charge in [0.05, 0.1) is 7.11 Å². The summed E-state index contributed by atoms with van der Waals surface area (Å²) in [5, 5.41) is 0. The monoisotopic (exact) mass is 201 g/mol. The molecule has 3 nitrogen and oxygen atoms in total. The molecule has 0 fully saturated rings. The Morgan fingerprint density at radius 3 is 2.64 bits per heavy atom. The third-order valence-electron chi connectivity index (χ3n) is 1.84. The van der Waals surface area contributed by atoms with Crippen molar-refractivity contribution >= 4 is 6.29 Å². The molecule has 1 aromatic heterocycles. The molecule has 0 aliphatic rings. The van der Waals surface area contributed by atoms with Gasteiger partial charge in [-0.25, -0.2) is 13.8 Å². The number of hydrogen-bond donors (Lipinski definition) is 0. The number of carbonyl (C=O) groups excluding carboxylic acids is 1. The van der Waals surface area contributed by atoms with E-state index in [4.69, 9.17) is 4.74 Å². The zero-order chi connectivity index (χ0) is 10.7. The molecule has 0 unspecified atom stereocenters. The molecule has 14 heavy (non-hydrogen) atoms. The summed E-state index contributed by atoms with van der Waals surface area (Å²) in [7, 11) is 1.32. The lowest BCUT2D eigenvalue weighted by atomic mass is 10.1. The summed E-state index contributed by atoms with van der Waals surface area (Å²) < 4.78 is 29.7. The summed E-state index contributed by atoms with van der Waals surface area (Å²) in [6.45, 7) is 1.47. The van der Waals surface area contributed by atoms with Crippen LogP contribution in [0.2, 0.25) is 0 Å². The van der Waals surface area contributed by atoms with Gasteiger partial charge in [-0.15, -0.1) is 0 Å². The maximum atomic E-state index is 12.5. The molecule has 0 atom stereocenters. The highest BCUT2D eigenvalue weighted by Gasteiger charge is 2.16. The summed E-state index contributed by atoms with van der Waals surface area (Å²) in [5.74, 6) is 0.0601. The molecule has 1 aromatic rings. The fourth-order valence-corrected chi connectivity index (χ4v) is 1.11. The van der Waals surface area contributed by atoms with E-state index in [1.54, 1.807) is 0 Å². The van der Waals surface area contributed by atoms with E-state index in [1.807, 2.05) is 0 Å². The van der Waals surface area contributed by atoms with Crippen LogP contribution in [0.4, 0.5) is 8.78 Å². The second kappa shape index (κ2) is 4.13. The summed E-state index contributed by atoms with van der Waals surface area (Å²) in [4.78, 5) is 14.1. The van der Waals surface area contributed by atoms with Crippen LogP contribution in [0.1, 0.15) is 28.0 Å². The SMILES string of the molecule is COc1nc(C=O)cc(C(F)F)c1C. The van der Waals surface area contributed by atoms with Crippen molar-refractivity contribution in [2.24, 2.45) is 0 Å². The number of ether oxygens (including phenoxy) is 1. The number of aldehydes is 1. The number of methoxy groups -OCH3 is 1. The van der Waals surface area contributed by atoms with Gasteiger partial charge in [0.15, 0.2) is 6.29 Å². The maximum absolute atomic E-state index is 12.5. The van der Waals surface area contributed by atoms with E-state index in [-0.39, 0.29) is 22.7 Å². The molecule has 1 rings (SSSR count). The fourth-order valence-electron chi connectivity index (χ4n) is 1.11. The lowest BCUT2D eigenvalue weighted by molar-refractivity contribution is 0.111. The number of rotatable bonds is 3. The second-order valence-electron chi connectivity index (χ2n) is 2.69. The van der Waals surface area contributed by atoms with Crippen LogP contribution in [0.15, 0.2) is 6.07 Å². The molecule has 0 saturated carbocycles. The smallest absolute Gasteiger partial charge is 0.264 e. The van der Waals surface area contributed by atoms with E-state index >= 15 is 0 Å². The third kappa shape index (κ3) is 1.86. The van der Waals surface area contributed by atoms with Gasteiger partial charge in [0.25, 0.3) is 6.43 Å². The summed E-state index contributed by atoms with van der Waals surface area (Å²) in [6, 6.07) is 1.06. The first-order valence-corrected chi connectivity index (χ1v) is 3.89. The number of pyridine rings is 1. The highest BCUT2D eigenvalue weighted by molar-refractivity contribution is 5.72. The number of nitrogens with zero attached hydrogens (tertiary/aromatic N) is 1. The minimum atomic E-state index is -2.63. The Labute approximate surface area is 79.7 Å². The lowest BCUT2D eigenvalue weighted by Crippen LogP contribution is -2.00. The van der Waals surface area contributed by atoms with Crippen LogP contribution in [-0.2, 0) is 0 Å². The Bertz CT molecular complexity index is 353. The van der Waals surface area contributed by atoms with Gasteiger partial charge in [-0.05, 0) is 13.0 Å². The molecular formula is C9H9F2NO2. The Morgan fingerprint density at radius 1 is 1.57 bits per heavy atom. The molecule has 0 N–H and O–H groups in total. The van der Waals surface area contributed by atoms with E-state index in [1.165, 1.54) is 14.0 Å². The van der Waals surface area contributed by atoms with Crippen molar-refractivity contribution in [2.75, 3.05) is 7.11 Å². The van der Waals surface area contributed by atoms with Gasteiger partial charge in [0.1, 0.15) is 5.69 Å². The van der Waals surface area contributed by atoms with Gasteiger partial charge in [-0.2, -0.15) is 0 Å². The van der Waals surface area contributed by atoms with E-state index in [2.05, 4.69) is 4.98 Å². The first-order valence-electron chi connectivity index (χ1n) is 3.89. The van der Waals surface area contributed by atoms with Crippen molar-refractivity contribution < 1.29 is 18.3 Å². The molecule has 0 radical (unpaired) electrons. The number of carbonyl (C=O) groups is 1. The normalized spacial score (nSPS) is 10.4. The molecule has 0 aromatic carbocycles. The van der Waals surface area contributed by atoms with Crippen LogP contribution < -0.4 is 4.74 Å². The Balaban J connectivity index is 3.34. The maximum Gasteiger partial charge on any atom is 0.264 e. The van der Waals surface area contributed by atoms with E-state index < -0.39 is 6.43 Å². The van der Waals surface area contributed by atoms with Crippen molar-refractivity contribution in [2.45, 2.75) is 13.3 Å². The van der Waals surface area contributed by atoms with E-state index in [0.717, 1.165) is 6.07 Å². The first kappa shape index (κ1) is 10.6. The van der Waals surface area contributed by atoms with Gasteiger partial charge < -0.3 is 4.74 Å². The largest absolute Gasteiger partial charge is 0.481 e. The molecule has 0 amide bonds. The van der Waals surface area contributed by atoms with Crippen molar-refractivity contribution in [1.29, 1.82) is 0 Å². The van der Waals surface area contributed by atoms with Crippen molar-refractivity contribution in [1.82, 2.24) is 4.98 Å². The molecule has 5 heteroatoms. The summed E-state index contributed by atoms with van der Waals surface area (Å²) in [6.07, 6.45) is -2.22. The summed E-state index contributed by atoms with van der Waals surface area (Å²) >= 11 is 0. The van der Waals surface area contributed by atoms with Crippen LogP contribution in [-0.4, -0.2) is 18.4 Å². The fraction of sp³-hybridized carbons (Fsp3) is 0.333. The lowest BCUT2D eigenvalue weighted by Gasteiger charge is -2.09. The molecule has 0 spiro atoms. The van der Waals surface area contributed by atoms with E-state index in [9.17, 15) is 13.6 Å². The Morgan fingerprint density at radius 2 is 2.21 bits per heavy atom. The average molecular weight is 201 g/mol. The standard InChI is InChI=1S/C9H9F2NO2/c1-5-7(8(10)11)3-6(4-13)12-9(5)14-2/h3-4,8H,1-2H3. The van der Waals surface area contributed by atoms with Crippen LogP contribution in [0, 0.1) is 6.92 Å². The minimum absolute atomic E-state index is 0.0530. The topological polar surface area (TPSA) is 39.2 Å². The molecule has 0 bridgehead atoms. The highest BCUT2D eigenvalue weighted by Crippen LogP contribution is 2.27. The molecule has 0 aliphatic carbocycles. The van der Waals surface area contributed by atoms with Gasteiger partial charge in [0.2, 0.25) is 5.88 Å². The van der Waals surface area contributed by atoms with Crippen LogP contribution in [0.3, 0.4) is 0 Å². The van der Waals surface area contributed by atoms with E-state index in [0.29, 0.717) is 6.29 Å². The summed E-state index contributed by atoms with van der Waals surface area (Å²) in [5.41, 5.74) is -0.0187. The predicted molar refractivity (Wildman–Crippen MR) is 45.9 cm³/mol. The van der Waals surface area contributed by atoms with Gasteiger partial charge in [0, 0.05) is 11.1 Å². The molecule has 1 heterocycles. The molecular weight excluding hydrogens is 192 g/mol. The first-order chi connectivity index (χ1) is 6.60. The van der Waals surface area contributed by atoms with Crippen LogP contribution in [0.25, 0.3) is 0 Å². The highest BCUT2D eigenvalue weighted by atomic mass is 19.3. The number of hydrogen-bond acceptors (Lipinski definition) is 3. The molecule has 76 valence electrons. The second-order valence-corrected chi connectivity index (χ2v) is 2.69.